The van der Waals surface area contributed by atoms with Crippen LogP contribution in [0.15, 0.2) is 24.3 Å². The molecule has 1 aliphatic heterocycles. The van der Waals surface area contributed by atoms with Gasteiger partial charge in [-0.25, -0.2) is 0 Å². The normalized spacial score (nSPS) is 21.8. The molecule has 0 N–H and O–H groups in total. The lowest BCUT2D eigenvalue weighted by atomic mass is 10.2. The molecule has 0 spiro atoms. The number of ether oxygens (including phenoxy) is 2. The summed E-state index contributed by atoms with van der Waals surface area (Å²) in [6.07, 6.45) is 3.54. The smallest absolute Gasteiger partial charge is 0.119 e. The Morgan fingerprint density at radius 2 is 2.11 bits per heavy atom. The Bertz CT molecular complexity index is 444. The molecule has 2 unspecified atom stereocenters. The predicted octanol–water partition coefficient (Wildman–Crippen LogP) is 3.61. The molecular weight excluding hydrogens is 260 g/mol. The van der Waals surface area contributed by atoms with Gasteiger partial charge < -0.3 is 9.47 Å². The van der Waals surface area contributed by atoms with Gasteiger partial charge in [0.25, 0.3) is 0 Å². The molecule has 3 heteroatoms. The molecule has 2 rings (SSSR count). The first kappa shape index (κ1) is 14.2. The summed E-state index contributed by atoms with van der Waals surface area (Å²) in [7, 11) is 0. The highest BCUT2D eigenvalue weighted by Crippen LogP contribution is 2.20. The quantitative estimate of drug-likeness (QED) is 0.619. The first-order valence-electron chi connectivity index (χ1n) is 6.71. The van der Waals surface area contributed by atoms with Crippen LogP contribution in [0.3, 0.4) is 0 Å². The van der Waals surface area contributed by atoms with Gasteiger partial charge in [0.15, 0.2) is 0 Å². The summed E-state index contributed by atoms with van der Waals surface area (Å²) in [5.74, 6) is 7.51. The molecule has 2 atom stereocenters. The van der Waals surface area contributed by atoms with Gasteiger partial charge in [0, 0.05) is 17.9 Å². The third-order valence-corrected chi connectivity index (χ3v) is 3.25. The van der Waals surface area contributed by atoms with E-state index in [4.69, 9.17) is 21.1 Å². The molecular formula is C16H19ClO2. The Labute approximate surface area is 120 Å². The van der Waals surface area contributed by atoms with E-state index in [1.807, 2.05) is 24.3 Å². The number of hydrogen-bond donors (Lipinski definition) is 0. The summed E-state index contributed by atoms with van der Waals surface area (Å²) in [4.78, 5) is 0. The van der Waals surface area contributed by atoms with Crippen LogP contribution >= 0.6 is 11.6 Å². The molecule has 0 radical (unpaired) electrons. The molecule has 0 aliphatic carbocycles. The number of halogens is 1. The monoisotopic (exact) mass is 278 g/mol. The van der Waals surface area contributed by atoms with Crippen molar-refractivity contribution in [3.63, 3.8) is 0 Å². The van der Waals surface area contributed by atoms with Gasteiger partial charge in [-0.3, -0.25) is 0 Å². The van der Waals surface area contributed by atoms with Gasteiger partial charge in [-0.15, -0.1) is 11.6 Å². The zero-order valence-corrected chi connectivity index (χ0v) is 12.0. The summed E-state index contributed by atoms with van der Waals surface area (Å²) < 4.78 is 11.4. The highest BCUT2D eigenvalue weighted by Gasteiger charge is 2.21. The van der Waals surface area contributed by atoms with Gasteiger partial charge in [0.1, 0.15) is 12.4 Å². The van der Waals surface area contributed by atoms with Crippen molar-refractivity contribution in [1.82, 2.24) is 0 Å². The second-order valence-electron chi connectivity index (χ2n) is 4.72. The average molecular weight is 279 g/mol. The van der Waals surface area contributed by atoms with Crippen LogP contribution in [0.2, 0.25) is 0 Å². The lowest BCUT2D eigenvalue weighted by Gasteiger charge is -2.12. The second kappa shape index (κ2) is 7.43. The maximum atomic E-state index is 5.72. The molecule has 1 aromatic carbocycles. The standard InChI is InChI=1S/C16H19ClO2/c1-13-5-8-16(19-13)12-18-15-9-6-14(7-10-15)4-2-3-11-17/h6-7,9-10,13,16H,3,5,8,11-12H2,1H3. The van der Waals surface area contributed by atoms with E-state index >= 15 is 0 Å². The molecule has 102 valence electrons. The SMILES string of the molecule is CC1CCC(COc2ccc(C#CCCCl)cc2)O1. The summed E-state index contributed by atoms with van der Waals surface area (Å²) >= 11 is 5.57. The molecule has 0 saturated carbocycles. The van der Waals surface area contributed by atoms with Crippen molar-refractivity contribution < 1.29 is 9.47 Å². The molecule has 0 aromatic heterocycles. The Morgan fingerprint density at radius 3 is 2.74 bits per heavy atom. The van der Waals surface area contributed by atoms with E-state index < -0.39 is 0 Å². The fourth-order valence-electron chi connectivity index (χ4n) is 2.04. The Balaban J connectivity index is 1.80. The third-order valence-electron chi connectivity index (χ3n) is 3.06. The molecule has 19 heavy (non-hydrogen) atoms. The molecule has 0 amide bonds. The summed E-state index contributed by atoms with van der Waals surface area (Å²) in [5, 5.41) is 0. The van der Waals surface area contributed by atoms with Gasteiger partial charge in [-0.2, -0.15) is 0 Å². The van der Waals surface area contributed by atoms with Crippen molar-refractivity contribution >= 4 is 11.6 Å². The van der Waals surface area contributed by atoms with E-state index in [9.17, 15) is 0 Å². The lowest BCUT2D eigenvalue weighted by molar-refractivity contribution is 0.0264. The second-order valence-corrected chi connectivity index (χ2v) is 5.10. The summed E-state index contributed by atoms with van der Waals surface area (Å²) in [5.41, 5.74) is 0.989. The highest BCUT2D eigenvalue weighted by molar-refractivity contribution is 6.18. The number of rotatable bonds is 4. The van der Waals surface area contributed by atoms with E-state index in [2.05, 4.69) is 18.8 Å². The zero-order valence-electron chi connectivity index (χ0n) is 11.2. The number of hydrogen-bond acceptors (Lipinski definition) is 2. The molecule has 1 heterocycles. The minimum Gasteiger partial charge on any atom is -0.491 e. The maximum Gasteiger partial charge on any atom is 0.119 e. The van der Waals surface area contributed by atoms with E-state index in [0.717, 1.165) is 30.6 Å². The molecule has 1 saturated heterocycles. The highest BCUT2D eigenvalue weighted by atomic mass is 35.5. The molecule has 1 fully saturated rings. The van der Waals surface area contributed by atoms with Crippen molar-refractivity contribution in [3.05, 3.63) is 29.8 Å². The van der Waals surface area contributed by atoms with Crippen molar-refractivity contribution in [2.75, 3.05) is 12.5 Å². The minimum absolute atomic E-state index is 0.234. The fourth-order valence-corrected chi connectivity index (χ4v) is 2.14. The average Bonchev–Trinajstić information content (AvgIpc) is 2.84. The molecule has 1 aromatic rings. The van der Waals surface area contributed by atoms with Crippen LogP contribution in [0.4, 0.5) is 0 Å². The Morgan fingerprint density at radius 1 is 1.32 bits per heavy atom. The number of benzene rings is 1. The summed E-state index contributed by atoms with van der Waals surface area (Å²) in [6.45, 7) is 2.73. The van der Waals surface area contributed by atoms with Gasteiger partial charge >= 0.3 is 0 Å². The zero-order chi connectivity index (χ0) is 13.5. The number of alkyl halides is 1. The van der Waals surface area contributed by atoms with Crippen LogP contribution in [0, 0.1) is 11.8 Å². The van der Waals surface area contributed by atoms with Crippen LogP contribution in [-0.4, -0.2) is 24.7 Å². The fraction of sp³-hybridized carbons (Fsp3) is 0.500. The molecule has 0 bridgehead atoms. The van der Waals surface area contributed by atoms with E-state index in [-0.39, 0.29) is 6.10 Å². The van der Waals surface area contributed by atoms with Gasteiger partial charge in [-0.1, -0.05) is 11.8 Å². The van der Waals surface area contributed by atoms with Crippen molar-refractivity contribution in [1.29, 1.82) is 0 Å². The van der Waals surface area contributed by atoms with Crippen LogP contribution in [0.25, 0.3) is 0 Å². The third kappa shape index (κ3) is 4.78. The minimum atomic E-state index is 0.234. The van der Waals surface area contributed by atoms with E-state index in [0.29, 0.717) is 18.6 Å². The van der Waals surface area contributed by atoms with E-state index in [1.54, 1.807) is 0 Å². The summed E-state index contributed by atoms with van der Waals surface area (Å²) in [6, 6.07) is 7.83. The Kier molecular flexibility index (Phi) is 5.57. The van der Waals surface area contributed by atoms with Crippen LogP contribution < -0.4 is 4.74 Å². The molecule has 2 nitrogen and oxygen atoms in total. The first-order valence-corrected chi connectivity index (χ1v) is 7.24. The molecule has 1 aliphatic rings. The van der Waals surface area contributed by atoms with Crippen LogP contribution in [-0.2, 0) is 4.74 Å². The lowest BCUT2D eigenvalue weighted by Crippen LogP contribution is -2.17. The van der Waals surface area contributed by atoms with Gasteiger partial charge in [0.2, 0.25) is 0 Å². The van der Waals surface area contributed by atoms with Crippen LogP contribution in [0.5, 0.6) is 5.75 Å². The van der Waals surface area contributed by atoms with Gasteiger partial charge in [-0.05, 0) is 44.0 Å². The van der Waals surface area contributed by atoms with Crippen molar-refractivity contribution in [3.8, 4) is 17.6 Å². The first-order chi connectivity index (χ1) is 9.28. The van der Waals surface area contributed by atoms with Crippen molar-refractivity contribution in [2.45, 2.75) is 38.4 Å². The topological polar surface area (TPSA) is 18.5 Å². The Hall–Kier alpha value is -1.17. The van der Waals surface area contributed by atoms with Crippen molar-refractivity contribution in [2.24, 2.45) is 0 Å². The van der Waals surface area contributed by atoms with E-state index in [1.165, 1.54) is 0 Å². The maximum absolute atomic E-state index is 5.72. The largest absolute Gasteiger partial charge is 0.491 e. The predicted molar refractivity (Wildman–Crippen MR) is 77.7 cm³/mol. The van der Waals surface area contributed by atoms with Gasteiger partial charge in [0.05, 0.1) is 12.2 Å². The van der Waals surface area contributed by atoms with Crippen LogP contribution in [0.1, 0.15) is 31.7 Å².